The Labute approximate surface area is 144 Å². The Morgan fingerprint density at radius 3 is 2.54 bits per heavy atom. The summed E-state index contributed by atoms with van der Waals surface area (Å²) in [6, 6.07) is 10.8. The Hall–Kier alpha value is -2.56. The maximum atomic E-state index is 4.64. The number of hydrogen-bond donors (Lipinski definition) is 1. The Balaban J connectivity index is 1.68. The van der Waals surface area contributed by atoms with E-state index in [2.05, 4.69) is 68.9 Å². The number of anilines is 3. The molecule has 5 heteroatoms. The molecule has 1 N–H and O–H groups in total. The zero-order chi connectivity index (χ0) is 16.9. The van der Waals surface area contributed by atoms with E-state index in [1.165, 1.54) is 11.3 Å². The van der Waals surface area contributed by atoms with E-state index in [0.29, 0.717) is 12.5 Å². The molecule has 0 spiro atoms. The minimum atomic E-state index is 0.671. The number of nitrogens with zero attached hydrogens (tertiary/aromatic N) is 4. The molecule has 2 aromatic rings. The van der Waals surface area contributed by atoms with Crippen LogP contribution in [0, 0.1) is 13.8 Å². The SMILES string of the molecule is C=CCNc1nc(C)cc(N2CCN(c3cccc(C)c3)CC2)n1. The van der Waals surface area contributed by atoms with Gasteiger partial charge >= 0.3 is 0 Å². The van der Waals surface area contributed by atoms with Gasteiger partial charge in [-0.15, -0.1) is 6.58 Å². The molecule has 3 rings (SSSR count). The third-order valence-corrected chi connectivity index (χ3v) is 4.22. The first-order valence-electron chi connectivity index (χ1n) is 8.43. The number of piperazine rings is 1. The van der Waals surface area contributed by atoms with Crippen molar-refractivity contribution in [1.29, 1.82) is 0 Å². The van der Waals surface area contributed by atoms with Crippen LogP contribution in [0.4, 0.5) is 17.5 Å². The highest BCUT2D eigenvalue weighted by Crippen LogP contribution is 2.21. The molecule has 1 saturated heterocycles. The molecule has 0 saturated carbocycles. The first-order valence-corrected chi connectivity index (χ1v) is 8.43. The van der Waals surface area contributed by atoms with Gasteiger partial charge in [-0.1, -0.05) is 18.2 Å². The Bertz CT molecular complexity index is 705. The van der Waals surface area contributed by atoms with Gasteiger partial charge in [0.2, 0.25) is 5.95 Å². The van der Waals surface area contributed by atoms with E-state index in [4.69, 9.17) is 0 Å². The summed E-state index contributed by atoms with van der Waals surface area (Å²) in [6.07, 6.45) is 1.81. The lowest BCUT2D eigenvalue weighted by molar-refractivity contribution is 0.646. The lowest BCUT2D eigenvalue weighted by atomic mass is 10.2. The zero-order valence-electron chi connectivity index (χ0n) is 14.5. The maximum Gasteiger partial charge on any atom is 0.225 e. The quantitative estimate of drug-likeness (QED) is 0.857. The number of rotatable bonds is 5. The Kier molecular flexibility index (Phi) is 4.99. The van der Waals surface area contributed by atoms with Crippen molar-refractivity contribution in [3.8, 4) is 0 Å². The van der Waals surface area contributed by atoms with Crippen molar-refractivity contribution < 1.29 is 0 Å². The van der Waals surface area contributed by atoms with Gasteiger partial charge in [-0.05, 0) is 31.5 Å². The highest BCUT2D eigenvalue weighted by atomic mass is 15.3. The molecular weight excluding hydrogens is 298 g/mol. The number of aryl methyl sites for hydroxylation is 2. The van der Waals surface area contributed by atoms with Crippen molar-refractivity contribution in [2.75, 3.05) is 47.8 Å². The average Bonchev–Trinajstić information content (AvgIpc) is 2.60. The topological polar surface area (TPSA) is 44.3 Å². The van der Waals surface area contributed by atoms with Crippen LogP contribution in [-0.4, -0.2) is 42.7 Å². The van der Waals surface area contributed by atoms with Gasteiger partial charge in [-0.25, -0.2) is 4.98 Å². The smallest absolute Gasteiger partial charge is 0.225 e. The van der Waals surface area contributed by atoms with E-state index < -0.39 is 0 Å². The molecule has 24 heavy (non-hydrogen) atoms. The van der Waals surface area contributed by atoms with Gasteiger partial charge < -0.3 is 15.1 Å². The van der Waals surface area contributed by atoms with E-state index in [-0.39, 0.29) is 0 Å². The van der Waals surface area contributed by atoms with E-state index in [1.807, 2.05) is 13.0 Å². The molecule has 0 bridgehead atoms. The van der Waals surface area contributed by atoms with Crippen molar-refractivity contribution in [3.63, 3.8) is 0 Å². The zero-order valence-corrected chi connectivity index (χ0v) is 14.5. The molecule has 0 radical (unpaired) electrons. The summed E-state index contributed by atoms with van der Waals surface area (Å²) in [7, 11) is 0. The van der Waals surface area contributed by atoms with E-state index in [9.17, 15) is 0 Å². The molecular formula is C19H25N5. The third-order valence-electron chi connectivity index (χ3n) is 4.22. The normalized spacial score (nSPS) is 14.6. The van der Waals surface area contributed by atoms with Crippen LogP contribution < -0.4 is 15.1 Å². The van der Waals surface area contributed by atoms with Gasteiger partial charge in [0, 0.05) is 50.2 Å². The second-order valence-corrected chi connectivity index (χ2v) is 6.17. The summed E-state index contributed by atoms with van der Waals surface area (Å²) in [5.74, 6) is 1.67. The molecule has 0 atom stereocenters. The average molecular weight is 323 g/mol. The van der Waals surface area contributed by atoms with Crippen molar-refractivity contribution >= 4 is 17.5 Å². The highest BCUT2D eigenvalue weighted by molar-refractivity contribution is 5.52. The van der Waals surface area contributed by atoms with Crippen molar-refractivity contribution in [1.82, 2.24) is 9.97 Å². The highest BCUT2D eigenvalue weighted by Gasteiger charge is 2.19. The van der Waals surface area contributed by atoms with Crippen LogP contribution >= 0.6 is 0 Å². The van der Waals surface area contributed by atoms with E-state index in [1.54, 1.807) is 0 Å². The second-order valence-electron chi connectivity index (χ2n) is 6.17. The molecule has 1 aliphatic heterocycles. The summed E-state index contributed by atoms with van der Waals surface area (Å²) in [6.45, 7) is 12.5. The maximum absolute atomic E-state index is 4.64. The van der Waals surface area contributed by atoms with Crippen LogP contribution in [0.2, 0.25) is 0 Å². The molecule has 5 nitrogen and oxygen atoms in total. The largest absolute Gasteiger partial charge is 0.368 e. The summed E-state index contributed by atoms with van der Waals surface area (Å²) in [5, 5.41) is 3.18. The first kappa shape index (κ1) is 16.3. The van der Waals surface area contributed by atoms with E-state index in [0.717, 1.165) is 37.7 Å². The summed E-state index contributed by atoms with van der Waals surface area (Å²) >= 11 is 0. The van der Waals surface area contributed by atoms with Crippen LogP contribution in [0.5, 0.6) is 0 Å². The number of nitrogens with one attached hydrogen (secondary N) is 1. The molecule has 2 heterocycles. The summed E-state index contributed by atoms with van der Waals surface area (Å²) in [5.41, 5.74) is 3.59. The van der Waals surface area contributed by atoms with Crippen molar-refractivity contribution in [3.05, 3.63) is 54.2 Å². The molecule has 126 valence electrons. The standard InChI is InChI=1S/C19H25N5/c1-4-8-20-19-21-16(3)14-18(22-19)24-11-9-23(10-12-24)17-7-5-6-15(2)13-17/h4-7,13-14H,1,8-12H2,2-3H3,(H,20,21,22). The lowest BCUT2D eigenvalue weighted by Crippen LogP contribution is -2.47. The molecule has 1 aliphatic rings. The number of aromatic nitrogens is 2. The third kappa shape index (κ3) is 3.85. The van der Waals surface area contributed by atoms with Crippen molar-refractivity contribution in [2.45, 2.75) is 13.8 Å². The molecule has 0 aliphatic carbocycles. The lowest BCUT2D eigenvalue weighted by Gasteiger charge is -2.37. The van der Waals surface area contributed by atoms with Gasteiger partial charge in [0.05, 0.1) is 0 Å². The summed E-state index contributed by atoms with van der Waals surface area (Å²) < 4.78 is 0. The second kappa shape index (κ2) is 7.34. The summed E-state index contributed by atoms with van der Waals surface area (Å²) in [4.78, 5) is 13.8. The molecule has 1 fully saturated rings. The van der Waals surface area contributed by atoms with Gasteiger partial charge in [0.15, 0.2) is 0 Å². The Morgan fingerprint density at radius 1 is 1.08 bits per heavy atom. The number of hydrogen-bond acceptors (Lipinski definition) is 5. The minimum Gasteiger partial charge on any atom is -0.368 e. The van der Waals surface area contributed by atoms with Crippen LogP contribution in [0.15, 0.2) is 43.0 Å². The number of benzene rings is 1. The van der Waals surface area contributed by atoms with Crippen molar-refractivity contribution in [2.24, 2.45) is 0 Å². The first-order chi connectivity index (χ1) is 11.7. The van der Waals surface area contributed by atoms with Gasteiger partial charge in [-0.3, -0.25) is 0 Å². The predicted octanol–water partition coefficient (Wildman–Crippen LogP) is 3.02. The molecule has 1 aromatic carbocycles. The monoisotopic (exact) mass is 323 g/mol. The fourth-order valence-corrected chi connectivity index (χ4v) is 2.97. The van der Waals surface area contributed by atoms with Crippen LogP contribution in [0.1, 0.15) is 11.3 Å². The van der Waals surface area contributed by atoms with Gasteiger partial charge in [0.1, 0.15) is 5.82 Å². The van der Waals surface area contributed by atoms with Gasteiger partial charge in [0.25, 0.3) is 0 Å². The Morgan fingerprint density at radius 2 is 1.83 bits per heavy atom. The predicted molar refractivity (Wildman–Crippen MR) is 101 cm³/mol. The van der Waals surface area contributed by atoms with Gasteiger partial charge in [-0.2, -0.15) is 4.98 Å². The van der Waals surface area contributed by atoms with Crippen LogP contribution in [0.25, 0.3) is 0 Å². The molecule has 0 amide bonds. The fourth-order valence-electron chi connectivity index (χ4n) is 2.97. The van der Waals surface area contributed by atoms with Crippen LogP contribution in [0.3, 0.4) is 0 Å². The van der Waals surface area contributed by atoms with E-state index >= 15 is 0 Å². The molecule has 0 unspecified atom stereocenters. The molecule has 1 aromatic heterocycles. The minimum absolute atomic E-state index is 0.671. The fraction of sp³-hybridized carbons (Fsp3) is 0.368. The van der Waals surface area contributed by atoms with Crippen LogP contribution in [-0.2, 0) is 0 Å².